The van der Waals surface area contributed by atoms with Crippen LogP contribution in [0.1, 0.15) is 12.5 Å². The van der Waals surface area contributed by atoms with Crippen molar-refractivity contribution in [1.82, 2.24) is 10.3 Å². The Hall–Kier alpha value is -2.43. The Morgan fingerprint density at radius 2 is 2.00 bits per heavy atom. The first kappa shape index (κ1) is 14.0. The number of carbonyl (C=O) groups excluding carboxylic acids is 1. The number of pyridine rings is 1. The minimum Gasteiger partial charge on any atom is -0.480 e. The number of hydrogen-bond donors (Lipinski definition) is 2. The summed E-state index contributed by atoms with van der Waals surface area (Å²) < 4.78 is 0. The molecule has 2 rings (SSSR count). The van der Waals surface area contributed by atoms with E-state index in [1.54, 1.807) is 12.3 Å². The third-order valence-corrected chi connectivity index (χ3v) is 3.46. The molecule has 1 amide bonds. The highest BCUT2D eigenvalue weighted by Gasteiger charge is 2.41. The molecule has 1 unspecified atom stereocenters. The highest BCUT2D eigenvalue weighted by atomic mass is 16.4. The second-order valence-corrected chi connectivity index (χ2v) is 4.89. The average Bonchev–Trinajstić information content (AvgIpc) is 2.46. The van der Waals surface area contributed by atoms with E-state index in [1.165, 1.54) is 14.0 Å². The van der Waals surface area contributed by atoms with E-state index in [0.717, 1.165) is 16.5 Å². The molecule has 0 aliphatic carbocycles. The van der Waals surface area contributed by atoms with Gasteiger partial charge in [-0.25, -0.2) is 0 Å². The van der Waals surface area contributed by atoms with E-state index < -0.39 is 17.3 Å². The van der Waals surface area contributed by atoms with Gasteiger partial charge < -0.3 is 10.4 Å². The second-order valence-electron chi connectivity index (χ2n) is 4.89. The van der Waals surface area contributed by atoms with Crippen LogP contribution < -0.4 is 5.32 Å². The fourth-order valence-electron chi connectivity index (χ4n) is 2.22. The van der Waals surface area contributed by atoms with E-state index >= 15 is 0 Å². The number of amides is 1. The lowest BCUT2D eigenvalue weighted by molar-refractivity contribution is -0.154. The number of nitrogens with zero attached hydrogens (tertiary/aromatic N) is 1. The molecular weight excluding hydrogens is 256 g/mol. The van der Waals surface area contributed by atoms with E-state index in [2.05, 4.69) is 10.3 Å². The summed E-state index contributed by atoms with van der Waals surface area (Å²) in [5.74, 6) is -1.66. The molecule has 104 valence electrons. The predicted molar refractivity (Wildman–Crippen MR) is 75.3 cm³/mol. The quantitative estimate of drug-likeness (QED) is 0.829. The number of carboxylic acids is 1. The molecule has 20 heavy (non-hydrogen) atoms. The molecular formula is C15H16N2O3. The summed E-state index contributed by atoms with van der Waals surface area (Å²) in [6.07, 6.45) is 1.75. The predicted octanol–water partition coefficient (Wildman–Crippen LogP) is 1.61. The van der Waals surface area contributed by atoms with E-state index in [0.29, 0.717) is 0 Å². The Bertz CT molecular complexity index is 664. The van der Waals surface area contributed by atoms with Crippen LogP contribution in [0.15, 0.2) is 36.5 Å². The van der Waals surface area contributed by atoms with Gasteiger partial charge in [-0.15, -0.1) is 0 Å². The zero-order valence-corrected chi connectivity index (χ0v) is 11.4. The van der Waals surface area contributed by atoms with Gasteiger partial charge in [0.15, 0.2) is 0 Å². The highest BCUT2D eigenvalue weighted by Crippen LogP contribution is 2.27. The number of rotatable bonds is 4. The summed E-state index contributed by atoms with van der Waals surface area (Å²) in [6.45, 7) is 1.43. The smallest absolute Gasteiger partial charge is 0.319 e. The van der Waals surface area contributed by atoms with Gasteiger partial charge in [0.05, 0.1) is 5.52 Å². The third-order valence-electron chi connectivity index (χ3n) is 3.46. The lowest BCUT2D eigenvalue weighted by atomic mass is 9.82. The molecule has 0 spiro atoms. The van der Waals surface area contributed by atoms with Crippen LogP contribution in [0.25, 0.3) is 10.9 Å². The minimum atomic E-state index is -1.51. The van der Waals surface area contributed by atoms with E-state index in [4.69, 9.17) is 0 Å². The van der Waals surface area contributed by atoms with Gasteiger partial charge in [0.25, 0.3) is 0 Å². The average molecular weight is 272 g/mol. The summed E-state index contributed by atoms with van der Waals surface area (Å²) in [7, 11) is 1.44. The van der Waals surface area contributed by atoms with Crippen LogP contribution in [-0.4, -0.2) is 29.0 Å². The number of benzene rings is 1. The Kier molecular flexibility index (Phi) is 3.70. The summed E-state index contributed by atoms with van der Waals surface area (Å²) in [6, 6.07) is 9.28. The van der Waals surface area contributed by atoms with E-state index in [1.807, 2.05) is 24.3 Å². The van der Waals surface area contributed by atoms with Gasteiger partial charge in [-0.3, -0.25) is 14.6 Å². The van der Waals surface area contributed by atoms with Crippen LogP contribution in [0.2, 0.25) is 0 Å². The van der Waals surface area contributed by atoms with Crippen LogP contribution >= 0.6 is 0 Å². The zero-order valence-electron chi connectivity index (χ0n) is 11.4. The molecule has 1 atom stereocenters. The molecule has 5 heteroatoms. The number of nitrogens with one attached hydrogen (secondary N) is 1. The number of aromatic nitrogens is 1. The molecule has 0 saturated carbocycles. The monoisotopic (exact) mass is 272 g/mol. The topological polar surface area (TPSA) is 79.3 Å². The SMILES string of the molecule is CNC(=O)C(C)(Cc1cccc2cccnc12)C(=O)O. The molecule has 2 N–H and O–H groups in total. The summed E-state index contributed by atoms with van der Waals surface area (Å²) in [5.41, 5.74) is -0.0384. The molecule has 1 aromatic carbocycles. The van der Waals surface area contributed by atoms with Gasteiger partial charge in [-0.1, -0.05) is 24.3 Å². The van der Waals surface area contributed by atoms with Crippen molar-refractivity contribution in [2.75, 3.05) is 7.05 Å². The second kappa shape index (κ2) is 5.28. The van der Waals surface area contributed by atoms with Gasteiger partial charge >= 0.3 is 5.97 Å². The molecule has 0 radical (unpaired) electrons. The van der Waals surface area contributed by atoms with Gasteiger partial charge in [-0.2, -0.15) is 0 Å². The lowest BCUT2D eigenvalue weighted by Crippen LogP contribution is -2.44. The number of hydrogen-bond acceptors (Lipinski definition) is 3. The van der Waals surface area contributed by atoms with Crippen molar-refractivity contribution in [3.63, 3.8) is 0 Å². The van der Waals surface area contributed by atoms with Crippen molar-refractivity contribution >= 4 is 22.8 Å². The van der Waals surface area contributed by atoms with Gasteiger partial charge in [-0.05, 0) is 25.0 Å². The van der Waals surface area contributed by atoms with Gasteiger partial charge in [0, 0.05) is 18.6 Å². The van der Waals surface area contributed by atoms with Crippen molar-refractivity contribution in [3.8, 4) is 0 Å². The van der Waals surface area contributed by atoms with Gasteiger partial charge in [0.2, 0.25) is 5.91 Å². The van der Waals surface area contributed by atoms with Crippen molar-refractivity contribution in [2.45, 2.75) is 13.3 Å². The van der Waals surface area contributed by atoms with Crippen LogP contribution in [0.5, 0.6) is 0 Å². The number of carbonyl (C=O) groups is 2. The van der Waals surface area contributed by atoms with Crippen molar-refractivity contribution in [2.24, 2.45) is 5.41 Å². The molecule has 0 aliphatic heterocycles. The Labute approximate surface area is 116 Å². The van der Waals surface area contributed by atoms with Crippen LogP contribution in [0.4, 0.5) is 0 Å². The normalized spacial score (nSPS) is 13.7. The molecule has 5 nitrogen and oxygen atoms in total. The molecule has 2 aromatic rings. The molecule has 0 aliphatic rings. The Morgan fingerprint density at radius 1 is 1.30 bits per heavy atom. The number of aliphatic carboxylic acids is 1. The van der Waals surface area contributed by atoms with Crippen LogP contribution in [-0.2, 0) is 16.0 Å². The molecule has 0 saturated heterocycles. The maximum atomic E-state index is 11.9. The molecule has 1 heterocycles. The third kappa shape index (κ3) is 2.34. The fourth-order valence-corrected chi connectivity index (χ4v) is 2.22. The van der Waals surface area contributed by atoms with E-state index in [-0.39, 0.29) is 6.42 Å². The maximum absolute atomic E-state index is 11.9. The van der Waals surface area contributed by atoms with Crippen molar-refractivity contribution < 1.29 is 14.7 Å². The fraction of sp³-hybridized carbons (Fsp3) is 0.267. The van der Waals surface area contributed by atoms with E-state index in [9.17, 15) is 14.7 Å². The van der Waals surface area contributed by atoms with Crippen molar-refractivity contribution in [1.29, 1.82) is 0 Å². The first-order chi connectivity index (χ1) is 9.49. The number of para-hydroxylation sites is 1. The Balaban J connectivity index is 2.49. The molecule has 0 fully saturated rings. The van der Waals surface area contributed by atoms with Crippen LogP contribution in [0.3, 0.4) is 0 Å². The first-order valence-corrected chi connectivity index (χ1v) is 6.27. The van der Waals surface area contributed by atoms with Crippen molar-refractivity contribution in [3.05, 3.63) is 42.1 Å². The zero-order chi connectivity index (χ0) is 14.8. The number of carboxylic acid groups (broad SMARTS) is 1. The van der Waals surface area contributed by atoms with Gasteiger partial charge in [0.1, 0.15) is 5.41 Å². The Morgan fingerprint density at radius 3 is 2.65 bits per heavy atom. The molecule has 0 bridgehead atoms. The minimum absolute atomic E-state index is 0.0936. The molecule has 1 aromatic heterocycles. The largest absolute Gasteiger partial charge is 0.480 e. The first-order valence-electron chi connectivity index (χ1n) is 6.27. The number of fused-ring (bicyclic) bond motifs is 1. The summed E-state index contributed by atoms with van der Waals surface area (Å²) in [4.78, 5) is 27.7. The summed E-state index contributed by atoms with van der Waals surface area (Å²) >= 11 is 0. The highest BCUT2D eigenvalue weighted by molar-refractivity contribution is 6.02. The lowest BCUT2D eigenvalue weighted by Gasteiger charge is -2.23. The standard InChI is InChI=1S/C15H16N2O3/c1-15(14(19)20,13(18)16-2)9-11-6-3-5-10-7-4-8-17-12(10)11/h3-8H,9H2,1-2H3,(H,16,18)(H,19,20). The van der Waals surface area contributed by atoms with Crippen LogP contribution in [0, 0.1) is 5.41 Å². The maximum Gasteiger partial charge on any atom is 0.319 e. The summed E-state index contributed by atoms with van der Waals surface area (Å²) in [5, 5.41) is 12.7.